The summed E-state index contributed by atoms with van der Waals surface area (Å²) in [7, 11) is 3.18. The highest BCUT2D eigenvalue weighted by molar-refractivity contribution is 6.74. The predicted molar refractivity (Wildman–Crippen MR) is 63.3 cm³/mol. The van der Waals surface area contributed by atoms with Crippen LogP contribution < -0.4 is 4.98 Å². The molecule has 0 bridgehead atoms. The number of nitrogens with one attached hydrogen (secondary N) is 1. The first-order chi connectivity index (χ1) is 6.13. The van der Waals surface area contributed by atoms with E-state index in [1.807, 2.05) is 0 Å². The molecule has 0 aromatic carbocycles. The van der Waals surface area contributed by atoms with Crippen LogP contribution in [0.4, 0.5) is 0 Å². The molecule has 0 aliphatic rings. The first-order valence-electron chi connectivity index (χ1n) is 5.55. The summed E-state index contributed by atoms with van der Waals surface area (Å²) < 4.78 is 2.48. The van der Waals surface area contributed by atoms with Gasteiger partial charge in [0, 0.05) is 0 Å². The van der Waals surface area contributed by atoms with E-state index >= 15 is 0 Å². The zero-order chi connectivity index (χ0) is 10.3. The van der Waals surface area contributed by atoms with Gasteiger partial charge in [-0.25, -0.2) is 0 Å². The van der Waals surface area contributed by atoms with Crippen molar-refractivity contribution in [2.45, 2.75) is 45.7 Å². The van der Waals surface area contributed by atoms with Crippen molar-refractivity contribution in [3.63, 3.8) is 0 Å². The summed E-state index contributed by atoms with van der Waals surface area (Å²) >= 11 is 0. The van der Waals surface area contributed by atoms with Crippen LogP contribution >= 0.6 is 0 Å². The van der Waals surface area contributed by atoms with Crippen LogP contribution in [0.2, 0.25) is 12.1 Å². The van der Waals surface area contributed by atoms with E-state index in [1.165, 1.54) is 24.9 Å². The van der Waals surface area contributed by atoms with Crippen LogP contribution in [0.25, 0.3) is 0 Å². The molecule has 0 aliphatic heterocycles. The summed E-state index contributed by atoms with van der Waals surface area (Å²) in [5, 5.41) is 0. The van der Waals surface area contributed by atoms with Gasteiger partial charge >= 0.3 is 0 Å². The van der Waals surface area contributed by atoms with Crippen molar-refractivity contribution in [3.8, 4) is 0 Å². The minimum Gasteiger partial charge on any atom is -0.325 e. The number of hydrogen-bond acceptors (Lipinski definition) is 2. The molecule has 80 valence electrons. The Morgan fingerprint density at radius 2 is 1.46 bits per heavy atom. The second-order valence-electron chi connectivity index (χ2n) is 3.96. The highest BCUT2D eigenvalue weighted by atomic mass is 28.3. The molecule has 0 saturated heterocycles. The third-order valence-corrected chi connectivity index (χ3v) is 8.07. The minimum atomic E-state index is -1.29. The minimum absolute atomic E-state index is 1.12. The number of nitrogens with zero attached hydrogens (tertiary/aromatic N) is 1. The first-order valence-corrected chi connectivity index (χ1v) is 7.91. The second kappa shape index (κ2) is 6.57. The van der Waals surface area contributed by atoms with Gasteiger partial charge in [0.15, 0.2) is 0 Å². The Labute approximate surface area is 84.9 Å². The molecule has 13 heavy (non-hydrogen) atoms. The molecule has 0 aromatic heterocycles. The molecule has 2 nitrogen and oxygen atoms in total. The number of rotatable bonds is 7. The van der Waals surface area contributed by atoms with Crippen LogP contribution in [0.15, 0.2) is 0 Å². The molecule has 0 heterocycles. The molecule has 0 radical (unpaired) electrons. The molecular weight excluding hydrogens is 176 g/mol. The molecule has 0 unspecified atom stereocenters. The van der Waals surface area contributed by atoms with E-state index in [-0.39, 0.29) is 0 Å². The molecule has 3 heteroatoms. The molecule has 0 aromatic rings. The topological polar surface area (TPSA) is 15.3 Å². The summed E-state index contributed by atoms with van der Waals surface area (Å²) in [5.41, 5.74) is 0. The van der Waals surface area contributed by atoms with Crippen LogP contribution in [0.3, 0.4) is 0 Å². The average Bonchev–Trinajstić information content (AvgIpc) is 2.05. The molecule has 0 aliphatic carbocycles. The van der Waals surface area contributed by atoms with Crippen molar-refractivity contribution in [2.24, 2.45) is 0 Å². The van der Waals surface area contributed by atoms with Crippen LogP contribution in [-0.2, 0) is 0 Å². The molecule has 0 atom stereocenters. The summed E-state index contributed by atoms with van der Waals surface area (Å²) in [5.74, 6) is 0. The van der Waals surface area contributed by atoms with Crippen LogP contribution in [0, 0.1) is 0 Å². The smallest absolute Gasteiger partial charge is 0.203 e. The van der Waals surface area contributed by atoms with Gasteiger partial charge in [0.25, 0.3) is 0 Å². The Bertz CT molecular complexity index is 109. The molecule has 0 amide bonds. The van der Waals surface area contributed by atoms with Gasteiger partial charge < -0.3 is 9.55 Å². The van der Waals surface area contributed by atoms with Gasteiger partial charge in [-0.2, -0.15) is 0 Å². The van der Waals surface area contributed by atoms with Gasteiger partial charge in [0.1, 0.15) is 0 Å². The largest absolute Gasteiger partial charge is 0.325 e. The van der Waals surface area contributed by atoms with Gasteiger partial charge in [-0.3, -0.25) is 0 Å². The Morgan fingerprint density at radius 3 is 1.69 bits per heavy atom. The highest BCUT2D eigenvalue weighted by Crippen LogP contribution is 2.18. The lowest BCUT2D eigenvalue weighted by Gasteiger charge is -2.38. The van der Waals surface area contributed by atoms with Crippen molar-refractivity contribution in [3.05, 3.63) is 0 Å². The van der Waals surface area contributed by atoms with E-state index in [2.05, 4.69) is 44.4 Å². The Kier molecular flexibility index (Phi) is 6.64. The maximum atomic E-state index is 3.76. The van der Waals surface area contributed by atoms with Crippen LogP contribution in [-0.4, -0.2) is 33.6 Å². The molecule has 0 fully saturated rings. The van der Waals surface area contributed by atoms with Crippen molar-refractivity contribution >= 4 is 8.40 Å². The average molecular weight is 202 g/mol. The fourth-order valence-electron chi connectivity index (χ4n) is 2.06. The molecule has 0 spiro atoms. The maximum Gasteiger partial charge on any atom is 0.203 e. The summed E-state index contributed by atoms with van der Waals surface area (Å²) in [6.45, 7) is 7.91. The second-order valence-corrected chi connectivity index (χ2v) is 8.27. The number of hydrogen-bond donors (Lipinski definition) is 1. The van der Waals surface area contributed by atoms with Gasteiger partial charge in [-0.15, -0.1) is 0 Å². The lowest BCUT2D eigenvalue weighted by atomic mass is 10.6. The Balaban J connectivity index is 4.38. The third-order valence-electron chi connectivity index (χ3n) is 2.69. The van der Waals surface area contributed by atoms with Crippen molar-refractivity contribution in [1.82, 2.24) is 9.55 Å². The van der Waals surface area contributed by atoms with Gasteiger partial charge in [0.2, 0.25) is 8.40 Å². The summed E-state index contributed by atoms with van der Waals surface area (Å²) in [6.07, 6.45) is 2.61. The molecular formula is C10H26N2Si. The fourth-order valence-corrected chi connectivity index (χ4v) is 6.19. The molecule has 0 saturated carbocycles. The standard InChI is InChI=1S/C10H26N2Si/c1-6-9-13(10-7-2,11-8-3)12(4)5/h11H,6-10H2,1-5H3. The lowest BCUT2D eigenvalue weighted by molar-refractivity contribution is 0.567. The Hall–Kier alpha value is 0.137. The van der Waals surface area contributed by atoms with E-state index < -0.39 is 8.40 Å². The predicted octanol–water partition coefficient (Wildman–Crippen LogP) is 2.42. The van der Waals surface area contributed by atoms with E-state index in [4.69, 9.17) is 0 Å². The summed E-state index contributed by atoms with van der Waals surface area (Å²) in [4.78, 5) is 3.76. The summed E-state index contributed by atoms with van der Waals surface area (Å²) in [6, 6.07) is 2.75. The normalized spacial score (nSPS) is 12.5. The monoisotopic (exact) mass is 202 g/mol. The van der Waals surface area contributed by atoms with Crippen LogP contribution in [0.5, 0.6) is 0 Å². The van der Waals surface area contributed by atoms with Crippen molar-refractivity contribution < 1.29 is 0 Å². The van der Waals surface area contributed by atoms with Crippen molar-refractivity contribution in [2.75, 3.05) is 20.6 Å². The lowest BCUT2D eigenvalue weighted by Crippen LogP contribution is -2.61. The zero-order valence-electron chi connectivity index (χ0n) is 9.98. The third kappa shape index (κ3) is 3.79. The van der Waals surface area contributed by atoms with Gasteiger partial charge in [0.05, 0.1) is 0 Å². The maximum absolute atomic E-state index is 3.76. The van der Waals surface area contributed by atoms with E-state index in [9.17, 15) is 0 Å². The van der Waals surface area contributed by atoms with Gasteiger partial charge in [-0.05, 0) is 32.7 Å². The highest BCUT2D eigenvalue weighted by Gasteiger charge is 2.33. The Morgan fingerprint density at radius 1 is 1.00 bits per heavy atom. The SMILES string of the molecule is CCC[Si](CCC)(NCC)N(C)C. The molecule has 0 rings (SSSR count). The van der Waals surface area contributed by atoms with Crippen molar-refractivity contribution in [1.29, 1.82) is 0 Å². The van der Waals surface area contributed by atoms with Gasteiger partial charge in [-0.1, -0.05) is 33.6 Å². The quantitative estimate of drug-likeness (QED) is 0.638. The zero-order valence-corrected chi connectivity index (χ0v) is 11.0. The van der Waals surface area contributed by atoms with E-state index in [0.717, 1.165) is 6.54 Å². The van der Waals surface area contributed by atoms with E-state index in [0.29, 0.717) is 0 Å². The van der Waals surface area contributed by atoms with E-state index in [1.54, 1.807) is 0 Å². The van der Waals surface area contributed by atoms with Crippen LogP contribution in [0.1, 0.15) is 33.6 Å². The first kappa shape index (κ1) is 13.1. The molecule has 1 N–H and O–H groups in total. The fraction of sp³-hybridized carbons (Fsp3) is 1.00.